The molecule has 322 valence electrons. The highest BCUT2D eigenvalue weighted by atomic mass is 15.2. The van der Waals surface area contributed by atoms with Crippen LogP contribution in [0.15, 0.2) is 237 Å². The van der Waals surface area contributed by atoms with E-state index in [4.69, 9.17) is 0 Å². The number of fused-ring (bicyclic) bond motifs is 7. The molecular weight excluding hydrogens is 809 g/mol. The molecule has 2 atom stereocenters. The van der Waals surface area contributed by atoms with Crippen molar-refractivity contribution in [3.63, 3.8) is 0 Å². The number of benzene rings is 8. The zero-order chi connectivity index (χ0) is 45.2. The Morgan fingerprint density at radius 1 is 0.612 bits per heavy atom. The van der Waals surface area contributed by atoms with Gasteiger partial charge in [-0.05, 0) is 128 Å². The molecule has 0 saturated heterocycles. The SMILES string of the molecule is C=C1/C=C\C=C/Cc2cccc3c2C(c2ccccc2)(c2cccc1c2C)c1cc(N/C=C/c2ccccc2/C=C\c2ccccc2)cc(N(c2ccc4ccccc4c2)C2C=CC=CC2)c1-3. The average Bonchev–Trinajstić information content (AvgIpc) is 3.68. The molecule has 3 aliphatic carbocycles. The summed E-state index contributed by atoms with van der Waals surface area (Å²) >= 11 is 0. The summed E-state index contributed by atoms with van der Waals surface area (Å²) in [5.41, 5.74) is 18.4. The lowest BCUT2D eigenvalue weighted by Crippen LogP contribution is -2.32. The number of rotatable bonds is 9. The van der Waals surface area contributed by atoms with E-state index in [0.717, 1.165) is 52.2 Å². The van der Waals surface area contributed by atoms with Gasteiger partial charge < -0.3 is 10.2 Å². The fourth-order valence-electron chi connectivity index (χ4n) is 10.8. The van der Waals surface area contributed by atoms with Gasteiger partial charge in [0.05, 0.1) is 17.1 Å². The van der Waals surface area contributed by atoms with Crippen molar-refractivity contribution >= 4 is 51.6 Å². The lowest BCUT2D eigenvalue weighted by atomic mass is 9.64. The molecule has 0 aromatic heterocycles. The van der Waals surface area contributed by atoms with E-state index in [1.807, 2.05) is 0 Å². The molecule has 67 heavy (non-hydrogen) atoms. The standard InChI is InChI=1S/C65H52N2/c1-46-21-7-3-10-27-52-29-19-35-59-63-61(65(64(52)59,54-30-11-5-12-31-54)60-36-20-34-58(46)47(60)2)44-55(66-42-41-51-26-16-15-24-49(51)38-37-48-22-8-4-9-23-48)45-62(63)67(56-32-13-6-14-33-56)57-40-39-50-25-17-18-28-53(50)43-57/h3-26,28-32,34-45,56,66H,1,27,33H2,2H3/b10-3-,21-7-,38-37-,42-41+. The Bertz CT molecular complexity index is 3360. The van der Waals surface area contributed by atoms with Crippen molar-refractivity contribution in [3.05, 3.63) is 293 Å². The van der Waals surface area contributed by atoms with Crippen molar-refractivity contribution in [3.8, 4) is 11.1 Å². The topological polar surface area (TPSA) is 15.3 Å². The molecule has 0 aliphatic heterocycles. The van der Waals surface area contributed by atoms with E-state index in [9.17, 15) is 0 Å². The van der Waals surface area contributed by atoms with Gasteiger partial charge in [-0.3, -0.25) is 0 Å². The summed E-state index contributed by atoms with van der Waals surface area (Å²) < 4.78 is 0. The van der Waals surface area contributed by atoms with Crippen LogP contribution >= 0.6 is 0 Å². The fourth-order valence-corrected chi connectivity index (χ4v) is 10.8. The van der Waals surface area contributed by atoms with E-state index in [1.54, 1.807) is 0 Å². The third-order valence-electron chi connectivity index (χ3n) is 13.8. The molecule has 8 aromatic carbocycles. The summed E-state index contributed by atoms with van der Waals surface area (Å²) in [6.07, 6.45) is 28.2. The van der Waals surface area contributed by atoms with E-state index in [-0.39, 0.29) is 6.04 Å². The predicted octanol–water partition coefficient (Wildman–Crippen LogP) is 16.5. The Morgan fingerprint density at radius 2 is 1.34 bits per heavy atom. The van der Waals surface area contributed by atoms with E-state index in [2.05, 4.69) is 273 Å². The molecule has 1 N–H and O–H groups in total. The van der Waals surface area contributed by atoms with Gasteiger partial charge in [-0.15, -0.1) is 0 Å². The first-order chi connectivity index (χ1) is 33.1. The first-order valence-corrected chi connectivity index (χ1v) is 23.4. The highest BCUT2D eigenvalue weighted by Gasteiger charge is 2.50. The van der Waals surface area contributed by atoms with Gasteiger partial charge in [-0.1, -0.05) is 219 Å². The summed E-state index contributed by atoms with van der Waals surface area (Å²) in [5, 5.41) is 6.32. The van der Waals surface area contributed by atoms with Crippen molar-refractivity contribution in [2.45, 2.75) is 31.2 Å². The summed E-state index contributed by atoms with van der Waals surface area (Å²) in [4.78, 5) is 2.60. The maximum Gasteiger partial charge on any atom is 0.0720 e. The molecule has 2 bridgehead atoms. The van der Waals surface area contributed by atoms with Crippen LogP contribution in [0.1, 0.15) is 62.1 Å². The molecule has 0 heterocycles. The zero-order valence-electron chi connectivity index (χ0n) is 37.8. The summed E-state index contributed by atoms with van der Waals surface area (Å²) in [6.45, 7) is 6.91. The quantitative estimate of drug-likeness (QED) is 0.145. The smallest absolute Gasteiger partial charge is 0.0720 e. The Morgan fingerprint density at radius 3 is 2.16 bits per heavy atom. The first kappa shape index (κ1) is 41.5. The molecule has 8 aromatic rings. The van der Waals surface area contributed by atoms with Crippen molar-refractivity contribution in [2.24, 2.45) is 0 Å². The van der Waals surface area contributed by atoms with Gasteiger partial charge >= 0.3 is 0 Å². The minimum atomic E-state index is -0.679. The van der Waals surface area contributed by atoms with Crippen LogP contribution in [0, 0.1) is 6.92 Å². The second-order valence-electron chi connectivity index (χ2n) is 17.7. The second kappa shape index (κ2) is 18.0. The molecular formula is C65H52N2. The Labute approximate surface area is 395 Å². The molecule has 2 unspecified atom stereocenters. The maximum atomic E-state index is 4.61. The normalized spacial score (nSPS) is 18.0. The fraction of sp³-hybridized carbons (Fsp3) is 0.0769. The van der Waals surface area contributed by atoms with E-state index in [0.29, 0.717) is 0 Å². The molecule has 3 aliphatic rings. The molecule has 0 spiro atoms. The highest BCUT2D eigenvalue weighted by Crippen LogP contribution is 2.62. The summed E-state index contributed by atoms with van der Waals surface area (Å²) in [5.74, 6) is 0. The van der Waals surface area contributed by atoms with Crippen LogP contribution in [0.2, 0.25) is 0 Å². The number of nitrogens with zero attached hydrogens (tertiary/aromatic N) is 1. The molecule has 2 heteroatoms. The molecule has 0 fully saturated rings. The van der Waals surface area contributed by atoms with E-state index in [1.165, 1.54) is 60.8 Å². The number of nitrogens with one attached hydrogen (secondary N) is 1. The second-order valence-corrected chi connectivity index (χ2v) is 17.7. The van der Waals surface area contributed by atoms with Gasteiger partial charge in [0, 0.05) is 23.1 Å². The highest BCUT2D eigenvalue weighted by molar-refractivity contribution is 5.99. The third kappa shape index (κ3) is 7.61. The average molecular weight is 861 g/mol. The van der Waals surface area contributed by atoms with Crippen molar-refractivity contribution in [2.75, 3.05) is 10.2 Å². The van der Waals surface area contributed by atoms with Crippen molar-refractivity contribution in [1.29, 1.82) is 0 Å². The van der Waals surface area contributed by atoms with Crippen LogP contribution in [0.5, 0.6) is 0 Å². The van der Waals surface area contributed by atoms with E-state index >= 15 is 0 Å². The van der Waals surface area contributed by atoms with Crippen molar-refractivity contribution < 1.29 is 0 Å². The first-order valence-electron chi connectivity index (χ1n) is 23.4. The number of allylic oxidation sites excluding steroid dienone is 7. The number of hydrogen-bond donors (Lipinski definition) is 1. The maximum absolute atomic E-state index is 4.61. The van der Waals surface area contributed by atoms with Crippen LogP contribution in [-0.2, 0) is 11.8 Å². The van der Waals surface area contributed by atoms with Gasteiger partial charge in [-0.2, -0.15) is 0 Å². The minimum absolute atomic E-state index is 0.0687. The molecule has 11 rings (SSSR count). The van der Waals surface area contributed by atoms with Crippen LogP contribution in [0.3, 0.4) is 0 Å². The van der Waals surface area contributed by atoms with Crippen LogP contribution in [-0.4, -0.2) is 6.04 Å². The van der Waals surface area contributed by atoms with Crippen molar-refractivity contribution in [1.82, 2.24) is 0 Å². The summed E-state index contributed by atoms with van der Waals surface area (Å²) in [7, 11) is 0. The monoisotopic (exact) mass is 860 g/mol. The Kier molecular flexibility index (Phi) is 11.1. The van der Waals surface area contributed by atoms with Crippen LogP contribution in [0.25, 0.3) is 45.7 Å². The van der Waals surface area contributed by atoms with Crippen LogP contribution in [0.4, 0.5) is 17.1 Å². The van der Waals surface area contributed by atoms with Gasteiger partial charge in [-0.25, -0.2) is 0 Å². The third-order valence-corrected chi connectivity index (χ3v) is 13.8. The molecule has 0 saturated carbocycles. The Hall–Kier alpha value is -8.20. The zero-order valence-corrected chi connectivity index (χ0v) is 37.8. The number of hydrogen-bond acceptors (Lipinski definition) is 2. The van der Waals surface area contributed by atoms with Crippen LogP contribution < -0.4 is 10.2 Å². The minimum Gasteiger partial charge on any atom is -0.362 e. The van der Waals surface area contributed by atoms with Gasteiger partial charge in [0.1, 0.15) is 0 Å². The Balaban J connectivity index is 1.20. The summed E-state index contributed by atoms with van der Waals surface area (Å²) in [6, 6.07) is 64.7. The lowest BCUT2D eigenvalue weighted by molar-refractivity contribution is 0.749. The predicted molar refractivity (Wildman–Crippen MR) is 287 cm³/mol. The molecule has 0 radical (unpaired) electrons. The van der Waals surface area contributed by atoms with Gasteiger partial charge in [0.25, 0.3) is 0 Å². The largest absolute Gasteiger partial charge is 0.362 e. The van der Waals surface area contributed by atoms with Gasteiger partial charge in [0.15, 0.2) is 0 Å². The molecule has 2 nitrogen and oxygen atoms in total. The van der Waals surface area contributed by atoms with Gasteiger partial charge in [0.2, 0.25) is 0 Å². The molecule has 0 amide bonds. The number of anilines is 3. The lowest BCUT2D eigenvalue weighted by Gasteiger charge is -2.38. The van der Waals surface area contributed by atoms with E-state index < -0.39 is 5.41 Å².